The lowest BCUT2D eigenvalue weighted by Gasteiger charge is -2.03. The first-order valence-corrected chi connectivity index (χ1v) is 3.37. The van der Waals surface area contributed by atoms with Gasteiger partial charge in [-0.25, -0.2) is 0 Å². The molecule has 0 aliphatic carbocycles. The number of nitrogens with two attached hydrogens (primary N) is 1. The van der Waals surface area contributed by atoms with Gasteiger partial charge in [0.15, 0.2) is 0 Å². The first-order chi connectivity index (χ1) is 5.18. The van der Waals surface area contributed by atoms with E-state index in [1.165, 1.54) is 0 Å². The lowest BCUT2D eigenvalue weighted by Crippen LogP contribution is -1.90. The normalized spacial score (nSPS) is 9.18. The molecule has 0 saturated carbocycles. The van der Waals surface area contributed by atoms with E-state index >= 15 is 0 Å². The summed E-state index contributed by atoms with van der Waals surface area (Å²) in [6.45, 7) is 5.41. The molecule has 2 heteroatoms. The van der Waals surface area contributed by atoms with E-state index in [9.17, 15) is 0 Å². The molecular weight excluding hydrogens is 138 g/mol. The van der Waals surface area contributed by atoms with Gasteiger partial charge >= 0.3 is 0 Å². The van der Waals surface area contributed by atoms with Gasteiger partial charge in [-0.05, 0) is 19.1 Å². The summed E-state index contributed by atoms with van der Waals surface area (Å²) in [5.41, 5.74) is 6.22. The highest BCUT2D eigenvalue weighted by Gasteiger charge is 1.92. The SMILES string of the molecule is C=C(C)Oc1cccc(N)c1. The number of benzene rings is 1. The van der Waals surface area contributed by atoms with Crippen molar-refractivity contribution < 1.29 is 4.74 Å². The highest BCUT2D eigenvalue weighted by molar-refractivity contribution is 5.43. The number of allylic oxidation sites excluding steroid dienone is 1. The zero-order chi connectivity index (χ0) is 8.27. The Morgan fingerprint density at radius 3 is 2.82 bits per heavy atom. The van der Waals surface area contributed by atoms with E-state index in [-0.39, 0.29) is 0 Å². The standard InChI is InChI=1S/C9H11NO/c1-7(2)11-9-5-3-4-8(10)6-9/h3-6H,1,10H2,2H3. The second-order valence-electron chi connectivity index (χ2n) is 2.38. The van der Waals surface area contributed by atoms with Crippen LogP contribution in [-0.4, -0.2) is 0 Å². The van der Waals surface area contributed by atoms with Crippen molar-refractivity contribution in [2.75, 3.05) is 5.73 Å². The van der Waals surface area contributed by atoms with Crippen molar-refractivity contribution in [3.63, 3.8) is 0 Å². The minimum atomic E-state index is 0.663. The number of anilines is 1. The molecule has 1 rings (SSSR count). The molecule has 0 bridgehead atoms. The van der Waals surface area contributed by atoms with E-state index < -0.39 is 0 Å². The Bertz CT molecular complexity index is 268. The molecule has 2 nitrogen and oxygen atoms in total. The monoisotopic (exact) mass is 149 g/mol. The van der Waals surface area contributed by atoms with E-state index in [0.717, 1.165) is 5.75 Å². The molecule has 0 aliphatic heterocycles. The van der Waals surface area contributed by atoms with Crippen LogP contribution in [0.2, 0.25) is 0 Å². The molecule has 1 aromatic carbocycles. The van der Waals surface area contributed by atoms with Gasteiger partial charge in [0.25, 0.3) is 0 Å². The van der Waals surface area contributed by atoms with E-state index in [1.807, 2.05) is 18.2 Å². The Hall–Kier alpha value is -1.44. The van der Waals surface area contributed by atoms with Crippen molar-refractivity contribution in [3.05, 3.63) is 36.6 Å². The van der Waals surface area contributed by atoms with Crippen LogP contribution in [-0.2, 0) is 0 Å². The van der Waals surface area contributed by atoms with Crippen molar-refractivity contribution in [3.8, 4) is 5.75 Å². The van der Waals surface area contributed by atoms with Crippen LogP contribution in [0.5, 0.6) is 5.75 Å². The number of ether oxygens (including phenoxy) is 1. The number of rotatable bonds is 2. The molecule has 0 unspecified atom stereocenters. The van der Waals surface area contributed by atoms with Crippen molar-refractivity contribution in [1.82, 2.24) is 0 Å². The topological polar surface area (TPSA) is 35.2 Å². The summed E-state index contributed by atoms with van der Waals surface area (Å²) < 4.78 is 5.22. The first kappa shape index (κ1) is 7.66. The van der Waals surface area contributed by atoms with Gasteiger partial charge in [0.2, 0.25) is 0 Å². The maximum atomic E-state index is 5.52. The Morgan fingerprint density at radius 2 is 2.27 bits per heavy atom. The zero-order valence-corrected chi connectivity index (χ0v) is 6.50. The molecule has 0 aliphatic rings. The van der Waals surface area contributed by atoms with Gasteiger partial charge in [-0.15, -0.1) is 0 Å². The van der Waals surface area contributed by atoms with Crippen molar-refractivity contribution in [1.29, 1.82) is 0 Å². The third-order valence-corrected chi connectivity index (χ3v) is 1.15. The van der Waals surface area contributed by atoms with Crippen LogP contribution in [0.15, 0.2) is 36.6 Å². The highest BCUT2D eigenvalue weighted by Crippen LogP contribution is 2.16. The van der Waals surface area contributed by atoms with E-state index in [2.05, 4.69) is 6.58 Å². The second-order valence-corrected chi connectivity index (χ2v) is 2.38. The van der Waals surface area contributed by atoms with Crippen LogP contribution < -0.4 is 10.5 Å². The summed E-state index contributed by atoms with van der Waals surface area (Å²) in [6, 6.07) is 7.25. The maximum absolute atomic E-state index is 5.52. The molecule has 0 radical (unpaired) electrons. The fourth-order valence-corrected chi connectivity index (χ4v) is 0.779. The number of hydrogen-bond acceptors (Lipinski definition) is 2. The van der Waals surface area contributed by atoms with Crippen LogP contribution in [0.4, 0.5) is 5.69 Å². The molecule has 0 saturated heterocycles. The van der Waals surface area contributed by atoms with Gasteiger partial charge in [0.1, 0.15) is 5.75 Å². The molecule has 58 valence electrons. The fraction of sp³-hybridized carbons (Fsp3) is 0.111. The summed E-state index contributed by atoms with van der Waals surface area (Å²) in [6.07, 6.45) is 0. The maximum Gasteiger partial charge on any atom is 0.128 e. The highest BCUT2D eigenvalue weighted by atomic mass is 16.5. The third-order valence-electron chi connectivity index (χ3n) is 1.15. The van der Waals surface area contributed by atoms with Crippen LogP contribution >= 0.6 is 0 Å². The predicted molar refractivity (Wildman–Crippen MR) is 46.3 cm³/mol. The van der Waals surface area contributed by atoms with E-state index in [1.54, 1.807) is 13.0 Å². The van der Waals surface area contributed by atoms with Crippen LogP contribution in [0.1, 0.15) is 6.92 Å². The summed E-state index contributed by atoms with van der Waals surface area (Å²) >= 11 is 0. The predicted octanol–water partition coefficient (Wildman–Crippen LogP) is 2.18. The lowest BCUT2D eigenvalue weighted by atomic mass is 10.3. The molecule has 11 heavy (non-hydrogen) atoms. The third kappa shape index (κ3) is 2.34. The van der Waals surface area contributed by atoms with Crippen molar-refractivity contribution in [2.24, 2.45) is 0 Å². The fourth-order valence-electron chi connectivity index (χ4n) is 0.779. The van der Waals surface area contributed by atoms with Gasteiger partial charge in [0, 0.05) is 11.8 Å². The van der Waals surface area contributed by atoms with Gasteiger partial charge < -0.3 is 10.5 Å². The lowest BCUT2D eigenvalue weighted by molar-refractivity contribution is 0.431. The van der Waals surface area contributed by atoms with Crippen LogP contribution in [0.3, 0.4) is 0 Å². The number of hydrogen-bond donors (Lipinski definition) is 1. The van der Waals surface area contributed by atoms with Crippen LogP contribution in [0.25, 0.3) is 0 Å². The zero-order valence-electron chi connectivity index (χ0n) is 6.50. The molecule has 0 amide bonds. The van der Waals surface area contributed by atoms with E-state index in [4.69, 9.17) is 10.5 Å². The van der Waals surface area contributed by atoms with Gasteiger partial charge in [-0.3, -0.25) is 0 Å². The second kappa shape index (κ2) is 3.10. The Morgan fingerprint density at radius 1 is 1.55 bits per heavy atom. The van der Waals surface area contributed by atoms with Crippen molar-refractivity contribution in [2.45, 2.75) is 6.92 Å². The molecule has 2 N–H and O–H groups in total. The summed E-state index contributed by atoms with van der Waals surface area (Å²) in [5, 5.41) is 0. The molecular formula is C9H11NO. The van der Waals surface area contributed by atoms with Gasteiger partial charge in [-0.1, -0.05) is 12.6 Å². The van der Waals surface area contributed by atoms with Crippen LogP contribution in [0, 0.1) is 0 Å². The molecule has 1 aromatic rings. The quantitative estimate of drug-likeness (QED) is 0.516. The molecule has 0 spiro atoms. The first-order valence-electron chi connectivity index (χ1n) is 3.37. The minimum Gasteiger partial charge on any atom is -0.463 e. The summed E-state index contributed by atoms with van der Waals surface area (Å²) in [4.78, 5) is 0. The van der Waals surface area contributed by atoms with Crippen molar-refractivity contribution >= 4 is 5.69 Å². The molecule has 0 aromatic heterocycles. The average molecular weight is 149 g/mol. The van der Waals surface area contributed by atoms with E-state index in [0.29, 0.717) is 11.4 Å². The smallest absolute Gasteiger partial charge is 0.128 e. The average Bonchev–Trinajstić information content (AvgIpc) is 1.85. The Kier molecular flexibility index (Phi) is 2.16. The summed E-state index contributed by atoms with van der Waals surface area (Å²) in [7, 11) is 0. The van der Waals surface area contributed by atoms with Gasteiger partial charge in [-0.2, -0.15) is 0 Å². The molecule has 0 heterocycles. The molecule has 0 fully saturated rings. The largest absolute Gasteiger partial charge is 0.463 e. The number of nitrogen functional groups attached to an aromatic ring is 1. The molecule has 0 atom stereocenters. The Balaban J connectivity index is 2.79. The minimum absolute atomic E-state index is 0.663. The summed E-state index contributed by atoms with van der Waals surface area (Å²) in [5.74, 6) is 1.40. The Labute approximate surface area is 66.3 Å². The van der Waals surface area contributed by atoms with Gasteiger partial charge in [0.05, 0.1) is 5.76 Å².